The van der Waals surface area contributed by atoms with Crippen molar-refractivity contribution in [2.75, 3.05) is 12.4 Å². The fourth-order valence-electron chi connectivity index (χ4n) is 4.07. The molecule has 1 aliphatic heterocycles. The summed E-state index contributed by atoms with van der Waals surface area (Å²) >= 11 is 0. The Bertz CT molecular complexity index is 1120. The molecule has 1 aliphatic rings. The predicted octanol–water partition coefficient (Wildman–Crippen LogP) is 2.37. The summed E-state index contributed by atoms with van der Waals surface area (Å²) in [6, 6.07) is 15.1. The van der Waals surface area contributed by atoms with E-state index in [2.05, 4.69) is 4.72 Å². The molecule has 3 aromatic rings. The summed E-state index contributed by atoms with van der Waals surface area (Å²) in [6.07, 6.45) is 3.87. The molecule has 2 atom stereocenters. The molecule has 31 heavy (non-hydrogen) atoms. The van der Waals surface area contributed by atoms with E-state index in [0.717, 1.165) is 36.0 Å². The van der Waals surface area contributed by atoms with Crippen molar-refractivity contribution in [2.24, 2.45) is 0 Å². The highest BCUT2D eigenvalue weighted by atomic mass is 32.2. The third-order valence-corrected chi connectivity index (χ3v) is 7.07. The van der Waals surface area contributed by atoms with Gasteiger partial charge >= 0.3 is 7.12 Å². The standard InChI is InChI=1S/C22H26BNO6S/c25-23(26)22(14-17-15-30-21-9-4-3-8-19(17)21)24-31(27,28)13-11-16-6-1-2-7-18(16)20-10-5-12-29-20/h1-4,6-9,15,20,22,24-26H,5,10-14H2/t20?,22-/m0/s1. The minimum Gasteiger partial charge on any atom is -0.464 e. The summed E-state index contributed by atoms with van der Waals surface area (Å²) < 4.78 is 39.2. The molecule has 1 fully saturated rings. The highest BCUT2D eigenvalue weighted by molar-refractivity contribution is 7.89. The van der Waals surface area contributed by atoms with E-state index < -0.39 is 23.1 Å². The van der Waals surface area contributed by atoms with Gasteiger partial charge in [-0.3, -0.25) is 0 Å². The molecule has 0 radical (unpaired) electrons. The van der Waals surface area contributed by atoms with Crippen LogP contribution in [0.25, 0.3) is 11.0 Å². The third kappa shape index (κ3) is 5.37. The van der Waals surface area contributed by atoms with Gasteiger partial charge in [-0.2, -0.15) is 0 Å². The number of hydrogen-bond donors (Lipinski definition) is 3. The Kier molecular flexibility index (Phi) is 6.78. The second-order valence-electron chi connectivity index (χ2n) is 7.87. The lowest BCUT2D eigenvalue weighted by Gasteiger charge is -2.19. The first-order valence-corrected chi connectivity index (χ1v) is 12.1. The van der Waals surface area contributed by atoms with E-state index in [1.807, 2.05) is 42.5 Å². The Morgan fingerprint density at radius 3 is 2.65 bits per heavy atom. The molecular formula is C22H26BNO6S. The van der Waals surface area contributed by atoms with E-state index >= 15 is 0 Å². The van der Waals surface area contributed by atoms with Gasteiger partial charge in [-0.25, -0.2) is 13.1 Å². The molecule has 9 heteroatoms. The van der Waals surface area contributed by atoms with Gasteiger partial charge < -0.3 is 19.2 Å². The van der Waals surface area contributed by atoms with E-state index in [4.69, 9.17) is 9.15 Å². The SMILES string of the molecule is O=S(=O)(CCc1ccccc1C1CCCO1)N[C@@H](Cc1coc2ccccc12)B(O)O. The molecule has 2 heterocycles. The van der Waals surface area contributed by atoms with Crippen LogP contribution in [0.3, 0.4) is 0 Å². The summed E-state index contributed by atoms with van der Waals surface area (Å²) in [7, 11) is -5.61. The molecule has 1 saturated heterocycles. The van der Waals surface area contributed by atoms with Gasteiger partial charge in [0.05, 0.1) is 24.1 Å². The maximum Gasteiger partial charge on any atom is 0.471 e. The summed E-state index contributed by atoms with van der Waals surface area (Å²) in [5.74, 6) is -1.24. The molecule has 0 spiro atoms. The van der Waals surface area contributed by atoms with Crippen LogP contribution in [0.1, 0.15) is 35.6 Å². The number of ether oxygens (including phenoxy) is 1. The topological polar surface area (TPSA) is 109 Å². The highest BCUT2D eigenvalue weighted by Crippen LogP contribution is 2.31. The number of fused-ring (bicyclic) bond motifs is 1. The Morgan fingerprint density at radius 2 is 1.87 bits per heavy atom. The number of para-hydroxylation sites is 1. The molecular weight excluding hydrogens is 417 g/mol. The zero-order valence-corrected chi connectivity index (χ0v) is 17.9. The Morgan fingerprint density at radius 1 is 1.10 bits per heavy atom. The molecule has 0 amide bonds. The van der Waals surface area contributed by atoms with Crippen LogP contribution in [0.5, 0.6) is 0 Å². The van der Waals surface area contributed by atoms with Gasteiger partial charge in [-0.1, -0.05) is 42.5 Å². The monoisotopic (exact) mass is 443 g/mol. The van der Waals surface area contributed by atoms with Gasteiger partial charge in [-0.05, 0) is 48.4 Å². The smallest absolute Gasteiger partial charge is 0.464 e. The van der Waals surface area contributed by atoms with Crippen LogP contribution in [-0.4, -0.2) is 43.9 Å². The zero-order chi connectivity index (χ0) is 21.8. The summed E-state index contributed by atoms with van der Waals surface area (Å²) in [5, 5.41) is 20.4. The quantitative estimate of drug-likeness (QED) is 0.438. The van der Waals surface area contributed by atoms with Crippen molar-refractivity contribution in [1.29, 1.82) is 0 Å². The second kappa shape index (κ2) is 9.54. The first-order valence-electron chi connectivity index (χ1n) is 10.4. The van der Waals surface area contributed by atoms with Crippen molar-refractivity contribution >= 4 is 28.1 Å². The van der Waals surface area contributed by atoms with Crippen LogP contribution in [0, 0.1) is 0 Å². The lowest BCUT2D eigenvalue weighted by molar-refractivity contribution is 0.111. The van der Waals surface area contributed by atoms with Gasteiger partial charge in [0.25, 0.3) is 0 Å². The average molecular weight is 443 g/mol. The van der Waals surface area contributed by atoms with E-state index in [1.165, 1.54) is 6.26 Å². The number of sulfonamides is 1. The normalized spacial score (nSPS) is 17.8. The average Bonchev–Trinajstić information content (AvgIpc) is 3.42. The number of nitrogens with one attached hydrogen (secondary N) is 1. The van der Waals surface area contributed by atoms with Gasteiger partial charge in [-0.15, -0.1) is 0 Å². The summed E-state index contributed by atoms with van der Waals surface area (Å²) in [4.78, 5) is 0. The fraction of sp³-hybridized carbons (Fsp3) is 0.364. The first kappa shape index (κ1) is 22.0. The molecule has 1 aromatic heterocycles. The fourth-order valence-corrected chi connectivity index (χ4v) is 5.34. The van der Waals surface area contributed by atoms with E-state index in [1.54, 1.807) is 6.07 Å². The molecule has 164 valence electrons. The molecule has 2 aromatic carbocycles. The Labute approximate surface area is 182 Å². The van der Waals surface area contributed by atoms with Gasteiger partial charge in [0.2, 0.25) is 10.0 Å². The van der Waals surface area contributed by atoms with Crippen LogP contribution >= 0.6 is 0 Å². The van der Waals surface area contributed by atoms with E-state index in [9.17, 15) is 18.5 Å². The predicted molar refractivity (Wildman–Crippen MR) is 119 cm³/mol. The van der Waals surface area contributed by atoms with E-state index in [0.29, 0.717) is 17.6 Å². The van der Waals surface area contributed by atoms with Crippen LogP contribution in [0.4, 0.5) is 0 Å². The zero-order valence-electron chi connectivity index (χ0n) is 17.1. The van der Waals surface area contributed by atoms with Crippen LogP contribution in [0.15, 0.2) is 59.2 Å². The lowest BCUT2D eigenvalue weighted by Crippen LogP contribution is -2.48. The summed E-state index contributed by atoms with van der Waals surface area (Å²) in [6.45, 7) is 0.720. The van der Waals surface area contributed by atoms with E-state index in [-0.39, 0.29) is 18.3 Å². The molecule has 4 rings (SSSR count). The van der Waals surface area contributed by atoms with Gasteiger partial charge in [0.15, 0.2) is 0 Å². The van der Waals surface area contributed by atoms with Crippen molar-refractivity contribution in [3.8, 4) is 0 Å². The van der Waals surface area contributed by atoms with Crippen LogP contribution in [-0.2, 0) is 27.6 Å². The third-order valence-electron chi connectivity index (χ3n) is 5.66. The Balaban J connectivity index is 1.44. The molecule has 1 unspecified atom stereocenters. The van der Waals surface area contributed by atoms with Gasteiger partial charge in [0.1, 0.15) is 5.58 Å². The maximum absolute atomic E-state index is 12.8. The highest BCUT2D eigenvalue weighted by Gasteiger charge is 2.30. The molecule has 0 bridgehead atoms. The van der Waals surface area contributed by atoms with Crippen molar-refractivity contribution < 1.29 is 27.6 Å². The number of hydrogen-bond acceptors (Lipinski definition) is 6. The van der Waals surface area contributed by atoms with Crippen molar-refractivity contribution in [3.05, 3.63) is 71.5 Å². The lowest BCUT2D eigenvalue weighted by atomic mass is 9.77. The molecule has 3 N–H and O–H groups in total. The van der Waals surface area contributed by atoms with Crippen LogP contribution < -0.4 is 4.72 Å². The van der Waals surface area contributed by atoms with Crippen molar-refractivity contribution in [3.63, 3.8) is 0 Å². The minimum atomic E-state index is -3.76. The van der Waals surface area contributed by atoms with Gasteiger partial charge in [0, 0.05) is 12.0 Å². The maximum atomic E-state index is 12.8. The number of benzene rings is 2. The van der Waals surface area contributed by atoms with Crippen molar-refractivity contribution in [1.82, 2.24) is 4.72 Å². The molecule has 0 aliphatic carbocycles. The molecule has 0 saturated carbocycles. The van der Waals surface area contributed by atoms with Crippen molar-refractivity contribution in [2.45, 2.75) is 37.7 Å². The number of aryl methyl sites for hydroxylation is 1. The minimum absolute atomic E-state index is 0.00764. The Hall–Kier alpha value is -2.17. The largest absolute Gasteiger partial charge is 0.471 e. The molecule has 7 nitrogen and oxygen atoms in total. The second-order valence-corrected chi connectivity index (χ2v) is 9.74. The van der Waals surface area contributed by atoms with Crippen LogP contribution in [0.2, 0.25) is 0 Å². The first-order chi connectivity index (χ1) is 14.9. The number of rotatable bonds is 9. The number of furan rings is 1. The summed E-state index contributed by atoms with van der Waals surface area (Å²) in [5.41, 5.74) is 3.33.